The Labute approximate surface area is 165 Å². The highest BCUT2D eigenvalue weighted by molar-refractivity contribution is 6.07. The predicted molar refractivity (Wildman–Crippen MR) is 103 cm³/mol. The Morgan fingerprint density at radius 3 is 2.62 bits per heavy atom. The monoisotopic (exact) mass is 406 g/mol. The first kappa shape index (κ1) is 20.8. The van der Waals surface area contributed by atoms with E-state index in [4.69, 9.17) is 4.74 Å². The van der Waals surface area contributed by atoms with Gasteiger partial charge in [-0.05, 0) is 19.1 Å². The number of para-hydroxylation sites is 1. The number of aromatic nitrogens is 3. The highest BCUT2D eigenvalue weighted by atomic mass is 19.4. The van der Waals surface area contributed by atoms with Crippen LogP contribution in [-0.2, 0) is 11.8 Å². The van der Waals surface area contributed by atoms with E-state index in [0.717, 1.165) is 4.90 Å². The second kappa shape index (κ2) is 8.20. The smallest absolute Gasteiger partial charge is 0.383 e. The molecule has 0 radical (unpaired) electrons. The molecule has 0 N–H and O–H groups in total. The van der Waals surface area contributed by atoms with Crippen molar-refractivity contribution in [3.8, 4) is 11.3 Å². The number of carbonyl (C=O) groups is 1. The first-order chi connectivity index (χ1) is 13.7. The number of hydrogen-bond acceptors (Lipinski definition) is 4. The Kier molecular flexibility index (Phi) is 5.88. The van der Waals surface area contributed by atoms with Gasteiger partial charge in [0.25, 0.3) is 5.91 Å². The quantitative estimate of drug-likeness (QED) is 0.628. The fourth-order valence-corrected chi connectivity index (χ4v) is 3.18. The molecule has 29 heavy (non-hydrogen) atoms. The molecule has 1 amide bonds. The molecule has 6 nitrogen and oxygen atoms in total. The highest BCUT2D eigenvalue weighted by Gasteiger charge is 2.34. The Morgan fingerprint density at radius 1 is 1.28 bits per heavy atom. The lowest BCUT2D eigenvalue weighted by molar-refractivity contribution is -0.141. The maximum Gasteiger partial charge on any atom is 0.406 e. The number of pyridine rings is 1. The van der Waals surface area contributed by atoms with Crippen LogP contribution >= 0.6 is 0 Å². The van der Waals surface area contributed by atoms with Crippen molar-refractivity contribution in [1.29, 1.82) is 0 Å². The van der Waals surface area contributed by atoms with Crippen LogP contribution in [0.5, 0.6) is 0 Å². The van der Waals surface area contributed by atoms with Crippen molar-refractivity contribution in [3.63, 3.8) is 0 Å². The SMILES string of the molecule is COCCN(CC(F)(F)F)C(=O)c1cc(-c2cn(C)nc2C)nc2ccccc12. The Balaban J connectivity index is 2.13. The number of hydrogen-bond donors (Lipinski definition) is 0. The van der Waals surface area contributed by atoms with Gasteiger partial charge in [0.15, 0.2) is 0 Å². The van der Waals surface area contributed by atoms with Gasteiger partial charge in [-0.1, -0.05) is 18.2 Å². The molecule has 0 aliphatic rings. The highest BCUT2D eigenvalue weighted by Crippen LogP contribution is 2.28. The van der Waals surface area contributed by atoms with Gasteiger partial charge in [-0.2, -0.15) is 18.3 Å². The van der Waals surface area contributed by atoms with Crippen LogP contribution in [0.1, 0.15) is 16.1 Å². The van der Waals surface area contributed by atoms with Crippen LogP contribution < -0.4 is 0 Å². The summed E-state index contributed by atoms with van der Waals surface area (Å²) in [5.41, 5.74) is 2.59. The van der Waals surface area contributed by atoms with Crippen molar-refractivity contribution in [2.75, 3.05) is 26.8 Å². The van der Waals surface area contributed by atoms with Gasteiger partial charge in [-0.15, -0.1) is 0 Å². The molecule has 0 atom stereocenters. The minimum atomic E-state index is -4.52. The van der Waals surface area contributed by atoms with Gasteiger partial charge < -0.3 is 9.64 Å². The Bertz CT molecular complexity index is 1030. The average Bonchev–Trinajstić information content (AvgIpc) is 3.01. The molecule has 0 bridgehead atoms. The molecule has 154 valence electrons. The van der Waals surface area contributed by atoms with E-state index < -0.39 is 18.6 Å². The molecule has 9 heteroatoms. The Hall–Kier alpha value is -2.94. The number of benzene rings is 1. The molecule has 0 aliphatic carbocycles. The first-order valence-corrected chi connectivity index (χ1v) is 8.95. The van der Waals surface area contributed by atoms with Gasteiger partial charge in [0.05, 0.1) is 29.1 Å². The molecular formula is C20H21F3N4O2. The first-order valence-electron chi connectivity index (χ1n) is 8.95. The fourth-order valence-electron chi connectivity index (χ4n) is 3.18. The number of fused-ring (bicyclic) bond motifs is 1. The number of nitrogens with zero attached hydrogens (tertiary/aromatic N) is 4. The molecule has 0 saturated carbocycles. The van der Waals surface area contributed by atoms with Gasteiger partial charge in [0.1, 0.15) is 6.54 Å². The number of halogens is 3. The molecule has 1 aromatic carbocycles. The number of aryl methyl sites for hydroxylation is 2. The van der Waals surface area contributed by atoms with E-state index in [2.05, 4.69) is 10.1 Å². The van der Waals surface area contributed by atoms with Crippen molar-refractivity contribution in [1.82, 2.24) is 19.7 Å². The largest absolute Gasteiger partial charge is 0.406 e. The topological polar surface area (TPSA) is 60.2 Å². The maximum absolute atomic E-state index is 13.1. The normalized spacial score (nSPS) is 11.8. The second-order valence-electron chi connectivity index (χ2n) is 6.71. The number of alkyl halides is 3. The van der Waals surface area contributed by atoms with Crippen LogP contribution in [0.4, 0.5) is 13.2 Å². The number of ether oxygens (including phenoxy) is 1. The van der Waals surface area contributed by atoms with E-state index in [-0.39, 0.29) is 18.7 Å². The van der Waals surface area contributed by atoms with Crippen LogP contribution in [0.3, 0.4) is 0 Å². The molecule has 2 aromatic heterocycles. The van der Waals surface area contributed by atoms with Crippen molar-refractivity contribution in [3.05, 3.63) is 47.8 Å². The molecule has 0 unspecified atom stereocenters. The maximum atomic E-state index is 13.1. The van der Waals surface area contributed by atoms with Crippen LogP contribution in [-0.4, -0.2) is 58.6 Å². The number of amides is 1. The molecule has 0 spiro atoms. The minimum Gasteiger partial charge on any atom is -0.383 e. The molecule has 0 saturated heterocycles. The molecule has 3 rings (SSSR count). The summed E-state index contributed by atoms with van der Waals surface area (Å²) >= 11 is 0. The van der Waals surface area contributed by atoms with Gasteiger partial charge in [-0.25, -0.2) is 4.98 Å². The third kappa shape index (κ3) is 4.73. The molecule has 2 heterocycles. The van der Waals surface area contributed by atoms with Gasteiger partial charge in [-0.3, -0.25) is 9.48 Å². The zero-order valence-corrected chi connectivity index (χ0v) is 16.3. The van der Waals surface area contributed by atoms with Gasteiger partial charge >= 0.3 is 6.18 Å². The summed E-state index contributed by atoms with van der Waals surface area (Å²) in [7, 11) is 3.14. The molecular weight excluding hydrogens is 385 g/mol. The van der Waals surface area contributed by atoms with Crippen LogP contribution in [0.25, 0.3) is 22.2 Å². The molecule has 3 aromatic rings. The summed E-state index contributed by atoms with van der Waals surface area (Å²) in [5, 5.41) is 4.78. The second-order valence-corrected chi connectivity index (χ2v) is 6.71. The minimum absolute atomic E-state index is 0.000589. The summed E-state index contributed by atoms with van der Waals surface area (Å²) in [6, 6.07) is 8.42. The van der Waals surface area contributed by atoms with Crippen molar-refractivity contribution in [2.45, 2.75) is 13.1 Å². The molecule has 0 aliphatic heterocycles. The van der Waals surface area contributed by atoms with E-state index in [9.17, 15) is 18.0 Å². The molecule has 0 fully saturated rings. The van der Waals surface area contributed by atoms with Crippen LogP contribution in [0, 0.1) is 6.92 Å². The summed E-state index contributed by atoms with van der Waals surface area (Å²) < 4.78 is 45.7. The van der Waals surface area contributed by atoms with Crippen molar-refractivity contribution >= 4 is 16.8 Å². The van der Waals surface area contributed by atoms with E-state index in [0.29, 0.717) is 27.9 Å². The fraction of sp³-hybridized carbons (Fsp3) is 0.350. The van der Waals surface area contributed by atoms with Gasteiger partial charge in [0, 0.05) is 37.8 Å². The van der Waals surface area contributed by atoms with E-state index in [1.165, 1.54) is 13.2 Å². The van der Waals surface area contributed by atoms with Gasteiger partial charge in [0.2, 0.25) is 0 Å². The third-order valence-electron chi connectivity index (χ3n) is 4.46. The van der Waals surface area contributed by atoms with Crippen molar-refractivity contribution in [2.24, 2.45) is 7.05 Å². The summed E-state index contributed by atoms with van der Waals surface area (Å²) in [4.78, 5) is 18.5. The van der Waals surface area contributed by atoms with Crippen molar-refractivity contribution < 1.29 is 22.7 Å². The lowest BCUT2D eigenvalue weighted by Crippen LogP contribution is -2.41. The number of methoxy groups -OCH3 is 1. The van der Waals surface area contributed by atoms with E-state index in [1.807, 2.05) is 6.92 Å². The zero-order valence-electron chi connectivity index (χ0n) is 16.3. The summed E-state index contributed by atoms with van der Waals surface area (Å²) in [5.74, 6) is -0.722. The summed E-state index contributed by atoms with van der Waals surface area (Å²) in [6.45, 7) is 0.279. The van der Waals surface area contributed by atoms with E-state index in [1.54, 1.807) is 42.2 Å². The Morgan fingerprint density at radius 2 is 2.00 bits per heavy atom. The van der Waals surface area contributed by atoms with Crippen LogP contribution in [0.2, 0.25) is 0 Å². The summed E-state index contributed by atoms with van der Waals surface area (Å²) in [6.07, 6.45) is -2.76. The van der Waals surface area contributed by atoms with Crippen LogP contribution in [0.15, 0.2) is 36.5 Å². The third-order valence-corrected chi connectivity index (χ3v) is 4.46. The van der Waals surface area contributed by atoms with E-state index >= 15 is 0 Å². The standard InChI is InChI=1S/C20H21F3N4O2/c1-13-16(11-26(2)25-13)18-10-15(14-6-4-5-7-17(14)24-18)19(28)27(8-9-29-3)12-20(21,22)23/h4-7,10-11H,8-9,12H2,1-3H3. The number of carbonyl (C=O) groups excluding carboxylic acids is 1. The average molecular weight is 406 g/mol. The number of rotatable bonds is 6. The lowest BCUT2D eigenvalue weighted by atomic mass is 10.0. The zero-order chi connectivity index (χ0) is 21.2. The lowest BCUT2D eigenvalue weighted by Gasteiger charge is -2.24. The predicted octanol–water partition coefficient (Wildman–Crippen LogP) is 3.59.